The second-order valence-corrected chi connectivity index (χ2v) is 6.32. The number of H-pyrrole nitrogens is 1. The molecule has 2 aromatic carbocycles. The van der Waals surface area contributed by atoms with Gasteiger partial charge in [-0.1, -0.05) is 36.4 Å². The number of nitrogens with one attached hydrogen (secondary N) is 2. The maximum atomic E-state index is 12.3. The van der Waals surface area contributed by atoms with E-state index in [2.05, 4.69) is 20.3 Å². The summed E-state index contributed by atoms with van der Waals surface area (Å²) in [7, 11) is 1.55. The highest BCUT2D eigenvalue weighted by Crippen LogP contribution is 2.22. The highest BCUT2D eigenvalue weighted by atomic mass is 16.5. The molecule has 1 aliphatic rings. The van der Waals surface area contributed by atoms with Gasteiger partial charge in [0.15, 0.2) is 0 Å². The van der Waals surface area contributed by atoms with Crippen molar-refractivity contribution >= 4 is 29.0 Å². The Labute approximate surface area is 161 Å². The van der Waals surface area contributed by atoms with Gasteiger partial charge in [-0.15, -0.1) is 0 Å². The summed E-state index contributed by atoms with van der Waals surface area (Å²) in [4.78, 5) is 23.8. The van der Waals surface area contributed by atoms with E-state index in [0.29, 0.717) is 0 Å². The predicted molar refractivity (Wildman–Crippen MR) is 104 cm³/mol. The zero-order chi connectivity index (χ0) is 19.5. The van der Waals surface area contributed by atoms with Crippen molar-refractivity contribution in [3.8, 4) is 0 Å². The van der Waals surface area contributed by atoms with Gasteiger partial charge in [0.25, 0.3) is 5.91 Å². The number of amides is 1. The summed E-state index contributed by atoms with van der Waals surface area (Å²) in [5, 5.41) is 14.2. The Morgan fingerprint density at radius 1 is 1.25 bits per heavy atom. The Kier molecular flexibility index (Phi) is 4.88. The number of ether oxygens (including phenoxy) is 1. The molecule has 28 heavy (non-hydrogen) atoms. The van der Waals surface area contributed by atoms with E-state index in [1.807, 2.05) is 48.5 Å². The van der Waals surface area contributed by atoms with Gasteiger partial charge in [-0.3, -0.25) is 15.3 Å². The lowest BCUT2D eigenvalue weighted by atomic mass is 10.1. The number of fused-ring (bicyclic) bond motifs is 1. The van der Waals surface area contributed by atoms with Gasteiger partial charge in [-0.25, -0.2) is 15.0 Å². The van der Waals surface area contributed by atoms with Crippen LogP contribution in [0.2, 0.25) is 0 Å². The molecule has 8 nitrogen and oxygen atoms in total. The first kappa shape index (κ1) is 17.9. The van der Waals surface area contributed by atoms with Crippen LogP contribution < -0.4 is 5.32 Å². The maximum absolute atomic E-state index is 12.3. The van der Waals surface area contributed by atoms with E-state index in [4.69, 9.17) is 4.74 Å². The summed E-state index contributed by atoms with van der Waals surface area (Å²) in [6.07, 6.45) is 3.27. The molecule has 0 bridgehead atoms. The van der Waals surface area contributed by atoms with Gasteiger partial charge in [-0.05, 0) is 29.3 Å². The molecule has 1 atom stereocenters. The van der Waals surface area contributed by atoms with Crippen LogP contribution in [0.3, 0.4) is 0 Å². The summed E-state index contributed by atoms with van der Waals surface area (Å²) < 4.78 is 5.23. The Hall–Kier alpha value is -3.49. The zero-order valence-electron chi connectivity index (χ0n) is 15.2. The van der Waals surface area contributed by atoms with E-state index in [1.54, 1.807) is 19.5 Å². The van der Waals surface area contributed by atoms with Gasteiger partial charge in [-0.2, -0.15) is 0 Å². The molecule has 0 aliphatic carbocycles. The van der Waals surface area contributed by atoms with Crippen LogP contribution in [0.15, 0.2) is 65.5 Å². The lowest BCUT2D eigenvalue weighted by Gasteiger charge is -2.26. The van der Waals surface area contributed by atoms with Crippen molar-refractivity contribution in [3.05, 3.63) is 71.7 Å². The summed E-state index contributed by atoms with van der Waals surface area (Å²) in [5.41, 5.74) is 3.54. The number of imidazole rings is 1. The van der Waals surface area contributed by atoms with Gasteiger partial charge in [0, 0.05) is 7.11 Å². The predicted octanol–water partition coefficient (Wildman–Crippen LogP) is 2.47. The van der Waals surface area contributed by atoms with Crippen LogP contribution in [0.5, 0.6) is 0 Å². The van der Waals surface area contributed by atoms with Gasteiger partial charge in [0.05, 0.1) is 24.0 Å². The third-order valence-corrected chi connectivity index (χ3v) is 4.45. The molecule has 0 spiro atoms. The number of hydrogen-bond donors (Lipinski definition) is 3. The number of aromatic amines is 1. The second-order valence-electron chi connectivity index (χ2n) is 6.32. The summed E-state index contributed by atoms with van der Waals surface area (Å²) in [6.45, 7) is 0.226. The summed E-state index contributed by atoms with van der Waals surface area (Å²) in [5.74, 6) is -0.330. The Balaban J connectivity index is 1.61. The average molecular weight is 377 g/mol. The number of carbonyl (C=O) groups is 1. The highest BCUT2D eigenvalue weighted by Gasteiger charge is 2.29. The van der Waals surface area contributed by atoms with Crippen LogP contribution in [0.1, 0.15) is 17.2 Å². The van der Waals surface area contributed by atoms with Gasteiger partial charge in [0.2, 0.25) is 5.96 Å². The van der Waals surface area contributed by atoms with Gasteiger partial charge in [0.1, 0.15) is 11.7 Å². The van der Waals surface area contributed by atoms with Crippen LogP contribution in [0, 0.1) is 0 Å². The molecule has 0 saturated carbocycles. The number of aliphatic imine (C=N–C) groups is 1. The minimum Gasteiger partial charge on any atom is -0.382 e. The Bertz CT molecular complexity index is 1060. The topological polar surface area (TPSA) is 103 Å². The molecule has 1 aromatic heterocycles. The van der Waals surface area contributed by atoms with Crippen LogP contribution in [-0.2, 0) is 9.53 Å². The molecule has 3 N–H and O–H groups in total. The molecule has 8 heteroatoms. The molecule has 0 saturated heterocycles. The molecule has 1 aliphatic heterocycles. The fourth-order valence-electron chi connectivity index (χ4n) is 3.05. The van der Waals surface area contributed by atoms with E-state index in [9.17, 15) is 10.0 Å². The number of methoxy groups -OCH3 is 1. The third-order valence-electron chi connectivity index (χ3n) is 4.45. The normalized spacial score (nSPS) is 16.3. The smallest absolute Gasteiger partial charge is 0.276 e. The van der Waals surface area contributed by atoms with Crippen LogP contribution in [0.25, 0.3) is 17.1 Å². The fraction of sp³-hybridized carbons (Fsp3) is 0.150. The number of nitrogens with zero attached hydrogens (tertiary/aromatic N) is 3. The standard InChI is InChI=1S/C20H19N5O3/c1-28-11-18(14-5-3-2-4-6-14)25(27)20-23-17(19(26)24-20)10-13-7-8-15-16(9-13)22-12-21-15/h2-10,12,18,27H,11H2,1H3,(H,21,22)(H,23,24,26)/b17-10-/t18-/m0/s1. The molecule has 142 valence electrons. The maximum Gasteiger partial charge on any atom is 0.276 e. The lowest BCUT2D eigenvalue weighted by molar-refractivity contribution is -0.117. The number of benzene rings is 2. The number of aromatic nitrogens is 2. The van der Waals surface area contributed by atoms with Gasteiger partial charge < -0.3 is 9.72 Å². The first-order valence-electron chi connectivity index (χ1n) is 8.72. The monoisotopic (exact) mass is 377 g/mol. The van der Waals surface area contributed by atoms with Crippen molar-refractivity contribution in [1.82, 2.24) is 20.3 Å². The second kappa shape index (κ2) is 7.63. The summed E-state index contributed by atoms with van der Waals surface area (Å²) in [6, 6.07) is 14.5. The molecule has 0 unspecified atom stereocenters. The number of hydroxylamine groups is 2. The first-order valence-corrected chi connectivity index (χ1v) is 8.72. The molecular formula is C20H19N5O3. The molecule has 1 amide bonds. The fourth-order valence-corrected chi connectivity index (χ4v) is 3.05. The largest absolute Gasteiger partial charge is 0.382 e. The molecular weight excluding hydrogens is 358 g/mol. The Morgan fingerprint density at radius 3 is 2.86 bits per heavy atom. The van der Waals surface area contributed by atoms with E-state index in [0.717, 1.165) is 27.2 Å². The molecule has 3 aromatic rings. The van der Waals surface area contributed by atoms with Crippen molar-refractivity contribution in [2.24, 2.45) is 4.99 Å². The average Bonchev–Trinajstić information content (AvgIpc) is 3.33. The number of rotatable bonds is 5. The van der Waals surface area contributed by atoms with Crippen LogP contribution >= 0.6 is 0 Å². The third kappa shape index (κ3) is 3.51. The van der Waals surface area contributed by atoms with E-state index < -0.39 is 6.04 Å². The Morgan fingerprint density at radius 2 is 2.07 bits per heavy atom. The minimum atomic E-state index is -0.509. The first-order chi connectivity index (χ1) is 13.7. The quantitative estimate of drug-likeness (QED) is 0.468. The SMILES string of the molecule is COC[C@@H](c1ccccc1)N(O)C1=N/C(=C\c2ccc3[nH]cnc3c2)C(=O)N1. The van der Waals surface area contributed by atoms with Crippen molar-refractivity contribution in [2.45, 2.75) is 6.04 Å². The van der Waals surface area contributed by atoms with Crippen molar-refractivity contribution < 1.29 is 14.7 Å². The van der Waals surface area contributed by atoms with E-state index in [-0.39, 0.29) is 24.2 Å². The molecule has 0 fully saturated rings. The highest BCUT2D eigenvalue weighted by molar-refractivity contribution is 6.13. The van der Waals surface area contributed by atoms with Crippen molar-refractivity contribution in [2.75, 3.05) is 13.7 Å². The number of carbonyl (C=O) groups excluding carboxylic acids is 1. The lowest BCUT2D eigenvalue weighted by Crippen LogP contribution is -2.41. The van der Waals surface area contributed by atoms with Crippen molar-refractivity contribution in [1.29, 1.82) is 0 Å². The molecule has 4 rings (SSSR count). The van der Waals surface area contributed by atoms with Crippen molar-refractivity contribution in [3.63, 3.8) is 0 Å². The number of guanidine groups is 1. The van der Waals surface area contributed by atoms with Gasteiger partial charge >= 0.3 is 0 Å². The summed E-state index contributed by atoms with van der Waals surface area (Å²) >= 11 is 0. The van der Waals surface area contributed by atoms with E-state index >= 15 is 0 Å². The molecule has 0 radical (unpaired) electrons. The van der Waals surface area contributed by atoms with Crippen LogP contribution in [-0.4, -0.2) is 45.8 Å². The molecule has 2 heterocycles. The zero-order valence-corrected chi connectivity index (χ0v) is 15.2. The van der Waals surface area contributed by atoms with Crippen LogP contribution in [0.4, 0.5) is 0 Å². The van der Waals surface area contributed by atoms with E-state index in [1.165, 1.54) is 0 Å². The number of hydrogen-bond acceptors (Lipinski definition) is 6. The minimum absolute atomic E-state index is 0.0583.